The molecular weight excluding hydrogens is 142 g/mol. The van der Waals surface area contributed by atoms with Crippen LogP contribution in [0.3, 0.4) is 0 Å². The Balaban J connectivity index is 0.000000810. The number of carboxylic acids is 1. The first-order valence-corrected chi connectivity index (χ1v) is 2.08. The van der Waals surface area contributed by atoms with E-state index in [2.05, 4.69) is 5.10 Å². The van der Waals surface area contributed by atoms with Crippen LogP contribution in [0.5, 0.6) is 0 Å². The second-order valence-corrected chi connectivity index (χ2v) is 1.33. The number of rotatable bonds is 1. The highest BCUT2D eigenvalue weighted by molar-refractivity contribution is 5.82. The lowest BCUT2D eigenvalue weighted by Gasteiger charge is -1.77. The number of nitrogens with zero attached hydrogens (tertiary/aromatic N) is 1. The van der Waals surface area contributed by atoms with Gasteiger partial charge in [-0.2, -0.15) is 0 Å². The highest BCUT2D eigenvalue weighted by Crippen LogP contribution is 1.77. The summed E-state index contributed by atoms with van der Waals surface area (Å²) in [4.78, 5) is 22.1. The molecule has 10 heavy (non-hydrogen) atoms. The molecule has 7 nitrogen and oxygen atoms in total. The molecule has 1 aromatic rings. The van der Waals surface area contributed by atoms with E-state index in [1.54, 1.807) is 0 Å². The Morgan fingerprint density at radius 1 is 1.60 bits per heavy atom. The van der Waals surface area contributed by atoms with Crippen LogP contribution in [0.25, 0.3) is 0 Å². The van der Waals surface area contributed by atoms with Gasteiger partial charge in [-0.05, 0) is 0 Å². The molecule has 0 fully saturated rings. The third-order valence-corrected chi connectivity index (χ3v) is 0.704. The maximum Gasteiger partial charge on any atom is 0.373 e. The molecule has 7 heteroatoms. The summed E-state index contributed by atoms with van der Waals surface area (Å²) >= 11 is 0. The topological polar surface area (TPSA) is 130 Å². The minimum Gasteiger partial charge on any atom is -0.475 e. The first kappa shape index (κ1) is 8.37. The lowest BCUT2D eigenvalue weighted by atomic mass is 10.7. The molecule has 0 aliphatic rings. The van der Waals surface area contributed by atoms with Crippen molar-refractivity contribution in [2.24, 2.45) is 0 Å². The molecule has 0 amide bonds. The quantitative estimate of drug-likeness (QED) is 0.422. The predicted molar refractivity (Wildman–Crippen MR) is 29.8 cm³/mol. The molecule has 1 aromatic heterocycles. The molecule has 0 saturated carbocycles. The summed E-state index contributed by atoms with van der Waals surface area (Å²) in [5, 5.41) is 13.2. The maximum absolute atomic E-state index is 10.2. The molecule has 0 aliphatic carbocycles. The first-order chi connectivity index (χ1) is 4.20. The number of H-pyrrole nitrogens is 2. The molecule has 1 rings (SSSR count). The van der Waals surface area contributed by atoms with Gasteiger partial charge in [-0.1, -0.05) is 0 Å². The molecule has 56 valence electrons. The van der Waals surface area contributed by atoms with Crippen molar-refractivity contribution in [2.45, 2.75) is 0 Å². The van der Waals surface area contributed by atoms with Gasteiger partial charge >= 0.3 is 11.7 Å². The third kappa shape index (κ3) is 1.42. The van der Waals surface area contributed by atoms with Crippen molar-refractivity contribution in [3.63, 3.8) is 0 Å². The normalized spacial score (nSPS) is 8.40. The molecule has 0 bridgehead atoms. The molecule has 0 saturated heterocycles. The van der Waals surface area contributed by atoms with Crippen molar-refractivity contribution in [1.29, 1.82) is 0 Å². The van der Waals surface area contributed by atoms with Crippen LogP contribution < -0.4 is 5.69 Å². The Morgan fingerprint density at radius 2 is 2.20 bits per heavy atom. The smallest absolute Gasteiger partial charge is 0.373 e. The van der Waals surface area contributed by atoms with Crippen LogP contribution in [0.15, 0.2) is 4.79 Å². The number of hydrogen-bond donors (Lipinski definition) is 3. The summed E-state index contributed by atoms with van der Waals surface area (Å²) in [7, 11) is 0. The van der Waals surface area contributed by atoms with Gasteiger partial charge in [-0.3, -0.25) is 4.98 Å². The molecule has 0 aliphatic heterocycles. The van der Waals surface area contributed by atoms with Crippen LogP contribution in [0.2, 0.25) is 0 Å². The average Bonchev–Trinajstić information content (AvgIpc) is 2.14. The van der Waals surface area contributed by atoms with Crippen LogP contribution >= 0.6 is 0 Å². The van der Waals surface area contributed by atoms with Crippen molar-refractivity contribution in [3.05, 3.63) is 16.3 Å². The van der Waals surface area contributed by atoms with Crippen LogP contribution in [0, 0.1) is 0 Å². The van der Waals surface area contributed by atoms with E-state index in [-0.39, 0.29) is 11.3 Å². The van der Waals surface area contributed by atoms with E-state index in [1.807, 2.05) is 10.1 Å². The zero-order valence-electron chi connectivity index (χ0n) is 4.71. The monoisotopic (exact) mass is 147 g/mol. The highest BCUT2D eigenvalue weighted by Gasteiger charge is 2.04. The van der Waals surface area contributed by atoms with Gasteiger partial charge in [0.2, 0.25) is 5.82 Å². The first-order valence-electron chi connectivity index (χ1n) is 2.08. The number of carbonyl (C=O) groups is 1. The maximum atomic E-state index is 10.2. The van der Waals surface area contributed by atoms with Gasteiger partial charge in [0.05, 0.1) is 0 Å². The molecule has 1 heterocycles. The van der Waals surface area contributed by atoms with E-state index >= 15 is 0 Å². The second kappa shape index (κ2) is 2.78. The average molecular weight is 147 g/mol. The summed E-state index contributed by atoms with van der Waals surface area (Å²) in [6.45, 7) is 0. The SMILES string of the molecule is O.O=C(O)c1n[nH]c(=O)[nH]1. The van der Waals surface area contributed by atoms with Crippen LogP contribution in [0.4, 0.5) is 0 Å². The third-order valence-electron chi connectivity index (χ3n) is 0.704. The Labute approximate surface area is 54.0 Å². The summed E-state index contributed by atoms with van der Waals surface area (Å²) in [6.07, 6.45) is 0. The van der Waals surface area contributed by atoms with Gasteiger partial charge in [-0.25, -0.2) is 14.7 Å². The van der Waals surface area contributed by atoms with Gasteiger partial charge < -0.3 is 10.6 Å². The van der Waals surface area contributed by atoms with Crippen molar-refractivity contribution in [2.75, 3.05) is 0 Å². The van der Waals surface area contributed by atoms with Crippen molar-refractivity contribution >= 4 is 5.97 Å². The number of aromatic amines is 2. The van der Waals surface area contributed by atoms with Gasteiger partial charge in [0.25, 0.3) is 0 Å². The number of aromatic nitrogens is 3. The van der Waals surface area contributed by atoms with E-state index in [0.29, 0.717) is 0 Å². The van der Waals surface area contributed by atoms with Crippen molar-refractivity contribution in [3.8, 4) is 0 Å². The van der Waals surface area contributed by atoms with Crippen molar-refractivity contribution < 1.29 is 15.4 Å². The lowest BCUT2D eigenvalue weighted by Crippen LogP contribution is -2.03. The van der Waals surface area contributed by atoms with Crippen molar-refractivity contribution in [1.82, 2.24) is 15.2 Å². The molecular formula is C3H5N3O4. The largest absolute Gasteiger partial charge is 0.475 e. The number of carboxylic acid groups (broad SMARTS) is 1. The number of nitrogens with one attached hydrogen (secondary N) is 2. The van der Waals surface area contributed by atoms with Gasteiger partial charge in [-0.15, -0.1) is 5.10 Å². The fourth-order valence-corrected chi connectivity index (χ4v) is 0.371. The zero-order valence-corrected chi connectivity index (χ0v) is 4.71. The summed E-state index contributed by atoms with van der Waals surface area (Å²) in [5.41, 5.74) is -0.618. The van der Waals surface area contributed by atoms with E-state index in [0.717, 1.165) is 0 Å². The molecule has 0 aromatic carbocycles. The van der Waals surface area contributed by atoms with E-state index in [9.17, 15) is 9.59 Å². The van der Waals surface area contributed by atoms with Crippen LogP contribution in [-0.4, -0.2) is 31.7 Å². The van der Waals surface area contributed by atoms with Crippen LogP contribution in [-0.2, 0) is 0 Å². The fraction of sp³-hybridized carbons (Fsp3) is 0. The van der Waals surface area contributed by atoms with Gasteiger partial charge in [0.15, 0.2) is 0 Å². The number of hydrogen-bond acceptors (Lipinski definition) is 3. The second-order valence-electron chi connectivity index (χ2n) is 1.33. The predicted octanol–water partition coefficient (Wildman–Crippen LogP) is -2.03. The zero-order chi connectivity index (χ0) is 6.85. The minimum absolute atomic E-state index is 0. The molecule has 0 unspecified atom stereocenters. The molecule has 0 atom stereocenters. The van der Waals surface area contributed by atoms with E-state index in [4.69, 9.17) is 5.11 Å². The molecule has 0 radical (unpaired) electrons. The number of aromatic carboxylic acids is 1. The van der Waals surface area contributed by atoms with Gasteiger partial charge in [0.1, 0.15) is 0 Å². The minimum atomic E-state index is -1.26. The van der Waals surface area contributed by atoms with E-state index in [1.165, 1.54) is 0 Å². The standard InChI is InChI=1S/C3H3N3O3.H2O/c7-2(8)1-4-3(9)6-5-1;/h(H,7,8)(H2,4,5,6,9);1H2. The van der Waals surface area contributed by atoms with Gasteiger partial charge in [0, 0.05) is 0 Å². The fourth-order valence-electron chi connectivity index (χ4n) is 0.371. The summed E-state index contributed by atoms with van der Waals surface area (Å²) in [5.74, 6) is -1.63. The van der Waals surface area contributed by atoms with E-state index < -0.39 is 11.7 Å². The molecule has 5 N–H and O–H groups in total. The Hall–Kier alpha value is -1.63. The van der Waals surface area contributed by atoms with Crippen LogP contribution in [0.1, 0.15) is 10.6 Å². The molecule has 0 spiro atoms. The Kier molecular flexibility index (Phi) is 2.33. The highest BCUT2D eigenvalue weighted by atomic mass is 16.4. The Bertz CT molecular complexity index is 273. The Morgan fingerprint density at radius 3 is 2.40 bits per heavy atom. The lowest BCUT2D eigenvalue weighted by molar-refractivity contribution is 0.0684. The summed E-state index contributed by atoms with van der Waals surface area (Å²) in [6, 6.07) is 0. The summed E-state index contributed by atoms with van der Waals surface area (Å²) < 4.78 is 0.